The molecule has 0 aliphatic rings. The van der Waals surface area contributed by atoms with Gasteiger partial charge in [-0.1, -0.05) is 24.3 Å². The predicted molar refractivity (Wildman–Crippen MR) is 110 cm³/mol. The van der Waals surface area contributed by atoms with Crippen LogP contribution in [0, 0.1) is 20.8 Å². The molecule has 0 bridgehead atoms. The van der Waals surface area contributed by atoms with E-state index in [1.54, 1.807) is 4.68 Å². The van der Waals surface area contributed by atoms with Crippen molar-refractivity contribution in [3.63, 3.8) is 0 Å². The Morgan fingerprint density at radius 2 is 1.70 bits per heavy atom. The lowest BCUT2D eigenvalue weighted by atomic mass is 10.1. The number of nitrogens with one attached hydrogen (secondary N) is 2. The van der Waals surface area contributed by atoms with E-state index in [9.17, 15) is 4.79 Å². The topological polar surface area (TPSA) is 62.7 Å². The van der Waals surface area contributed by atoms with Crippen molar-refractivity contribution >= 4 is 16.7 Å². The van der Waals surface area contributed by atoms with E-state index in [4.69, 9.17) is 0 Å². The van der Waals surface area contributed by atoms with Crippen molar-refractivity contribution in [3.8, 4) is 5.69 Å². The molecule has 2 aromatic heterocycles. The van der Waals surface area contributed by atoms with Gasteiger partial charge < -0.3 is 10.3 Å². The van der Waals surface area contributed by atoms with Crippen LogP contribution in [0.2, 0.25) is 0 Å². The number of hydrogen-bond acceptors (Lipinski definition) is 3. The molecule has 0 radical (unpaired) electrons. The van der Waals surface area contributed by atoms with E-state index in [1.165, 1.54) is 11.1 Å². The molecule has 5 nitrogen and oxygen atoms in total. The van der Waals surface area contributed by atoms with Crippen molar-refractivity contribution in [2.24, 2.45) is 0 Å². The van der Waals surface area contributed by atoms with E-state index in [1.807, 2.05) is 43.3 Å². The average Bonchev–Trinajstić information content (AvgIpc) is 2.95. The van der Waals surface area contributed by atoms with Crippen LogP contribution >= 0.6 is 0 Å². The summed E-state index contributed by atoms with van der Waals surface area (Å²) in [6, 6.07) is 18.0. The lowest BCUT2D eigenvalue weighted by Gasteiger charge is -2.09. The second kappa shape index (κ2) is 6.76. The first kappa shape index (κ1) is 17.1. The molecule has 0 unspecified atom stereocenters. The number of para-hydroxylation sites is 1. The standard InChI is InChI=1S/C22H22N4O/c1-14-9-15(2)11-18(10-14)23-13-17-12-20-16(3)25-26(21(20)24-22(17)27)19-7-5-4-6-8-19/h4-12,23H,13H2,1-3H3,(H,24,27). The Hall–Kier alpha value is -3.34. The number of pyridine rings is 1. The van der Waals surface area contributed by atoms with Gasteiger partial charge in [0.05, 0.1) is 11.4 Å². The zero-order valence-electron chi connectivity index (χ0n) is 15.7. The fourth-order valence-electron chi connectivity index (χ4n) is 3.42. The van der Waals surface area contributed by atoms with Crippen molar-refractivity contribution in [1.29, 1.82) is 0 Å². The molecule has 0 saturated heterocycles. The van der Waals surface area contributed by atoms with E-state index >= 15 is 0 Å². The van der Waals surface area contributed by atoms with Gasteiger partial charge >= 0.3 is 0 Å². The highest BCUT2D eigenvalue weighted by Crippen LogP contribution is 2.20. The van der Waals surface area contributed by atoms with Gasteiger partial charge in [-0.25, -0.2) is 4.68 Å². The first-order valence-electron chi connectivity index (χ1n) is 9.00. The van der Waals surface area contributed by atoms with Crippen molar-refractivity contribution < 1.29 is 0 Å². The number of aryl methyl sites for hydroxylation is 3. The van der Waals surface area contributed by atoms with Crippen LogP contribution in [0.3, 0.4) is 0 Å². The van der Waals surface area contributed by atoms with Crippen LogP contribution in [0.25, 0.3) is 16.7 Å². The Kier molecular flexibility index (Phi) is 4.28. The molecule has 136 valence electrons. The molecule has 0 aliphatic heterocycles. The summed E-state index contributed by atoms with van der Waals surface area (Å²) in [5, 5.41) is 8.92. The monoisotopic (exact) mass is 358 g/mol. The minimum atomic E-state index is -0.101. The van der Waals surface area contributed by atoms with Gasteiger partial charge in [0, 0.05) is 23.2 Å². The largest absolute Gasteiger partial charge is 0.381 e. The summed E-state index contributed by atoms with van der Waals surface area (Å²) in [7, 11) is 0. The van der Waals surface area contributed by atoms with Crippen LogP contribution in [0.15, 0.2) is 59.4 Å². The number of H-pyrrole nitrogens is 1. The van der Waals surface area contributed by atoms with Gasteiger partial charge in [-0.2, -0.15) is 5.10 Å². The van der Waals surface area contributed by atoms with Gasteiger partial charge in [-0.05, 0) is 62.2 Å². The third kappa shape index (κ3) is 3.36. The van der Waals surface area contributed by atoms with E-state index in [0.29, 0.717) is 12.1 Å². The Balaban J connectivity index is 1.70. The molecule has 2 aromatic carbocycles. The lowest BCUT2D eigenvalue weighted by molar-refractivity contribution is 0.874. The fraction of sp³-hybridized carbons (Fsp3) is 0.182. The Bertz CT molecular complexity index is 1150. The molecule has 4 aromatic rings. The number of aromatic nitrogens is 3. The molecule has 27 heavy (non-hydrogen) atoms. The molecule has 0 atom stereocenters. The molecule has 0 aliphatic carbocycles. The first-order chi connectivity index (χ1) is 13.0. The zero-order chi connectivity index (χ0) is 19.0. The zero-order valence-corrected chi connectivity index (χ0v) is 15.7. The second-order valence-electron chi connectivity index (χ2n) is 6.95. The molecule has 0 spiro atoms. The summed E-state index contributed by atoms with van der Waals surface area (Å²) in [5.41, 5.74) is 6.53. The maximum Gasteiger partial charge on any atom is 0.254 e. The number of anilines is 1. The van der Waals surface area contributed by atoms with Crippen molar-refractivity contribution in [3.05, 3.63) is 87.3 Å². The molecule has 2 heterocycles. The summed E-state index contributed by atoms with van der Waals surface area (Å²) in [4.78, 5) is 15.7. The van der Waals surface area contributed by atoms with Crippen LogP contribution < -0.4 is 10.9 Å². The lowest BCUT2D eigenvalue weighted by Crippen LogP contribution is -2.16. The molecule has 0 saturated carbocycles. The second-order valence-corrected chi connectivity index (χ2v) is 6.95. The Morgan fingerprint density at radius 1 is 1.00 bits per heavy atom. The van der Waals surface area contributed by atoms with Gasteiger partial charge in [0.15, 0.2) is 0 Å². The van der Waals surface area contributed by atoms with Crippen LogP contribution in [0.5, 0.6) is 0 Å². The maximum atomic E-state index is 12.6. The highest BCUT2D eigenvalue weighted by atomic mass is 16.1. The van der Waals surface area contributed by atoms with E-state index in [-0.39, 0.29) is 5.56 Å². The smallest absolute Gasteiger partial charge is 0.254 e. The van der Waals surface area contributed by atoms with Gasteiger partial charge in [0.1, 0.15) is 5.65 Å². The van der Waals surface area contributed by atoms with Gasteiger partial charge in [-0.3, -0.25) is 4.79 Å². The van der Waals surface area contributed by atoms with E-state index in [0.717, 1.165) is 28.1 Å². The Morgan fingerprint density at radius 3 is 2.41 bits per heavy atom. The third-order valence-corrected chi connectivity index (χ3v) is 4.65. The summed E-state index contributed by atoms with van der Waals surface area (Å²) in [6.45, 7) is 6.56. The summed E-state index contributed by atoms with van der Waals surface area (Å²) in [5.74, 6) is 0. The van der Waals surface area contributed by atoms with Crippen LogP contribution in [-0.4, -0.2) is 14.8 Å². The number of rotatable bonds is 4. The summed E-state index contributed by atoms with van der Waals surface area (Å²) >= 11 is 0. The fourth-order valence-corrected chi connectivity index (χ4v) is 3.42. The molecule has 2 N–H and O–H groups in total. The van der Waals surface area contributed by atoms with Gasteiger partial charge in [-0.15, -0.1) is 0 Å². The predicted octanol–water partition coefficient (Wildman–Crippen LogP) is 4.25. The number of aromatic amines is 1. The maximum absolute atomic E-state index is 12.6. The van der Waals surface area contributed by atoms with Crippen molar-refractivity contribution in [2.75, 3.05) is 5.32 Å². The molecular weight excluding hydrogens is 336 g/mol. The number of fused-ring (bicyclic) bond motifs is 1. The number of benzene rings is 2. The van der Waals surface area contributed by atoms with Crippen LogP contribution in [0.4, 0.5) is 5.69 Å². The van der Waals surface area contributed by atoms with E-state index in [2.05, 4.69) is 47.4 Å². The molecular formula is C22H22N4O. The molecule has 4 rings (SSSR count). The van der Waals surface area contributed by atoms with E-state index < -0.39 is 0 Å². The molecule has 0 amide bonds. The average molecular weight is 358 g/mol. The number of nitrogens with zero attached hydrogens (tertiary/aromatic N) is 2. The van der Waals surface area contributed by atoms with Crippen LogP contribution in [0.1, 0.15) is 22.4 Å². The normalized spacial score (nSPS) is 11.1. The highest BCUT2D eigenvalue weighted by Gasteiger charge is 2.12. The van der Waals surface area contributed by atoms with Crippen molar-refractivity contribution in [2.45, 2.75) is 27.3 Å². The quantitative estimate of drug-likeness (QED) is 0.573. The van der Waals surface area contributed by atoms with Gasteiger partial charge in [0.25, 0.3) is 5.56 Å². The minimum absolute atomic E-state index is 0.101. The van der Waals surface area contributed by atoms with Crippen molar-refractivity contribution in [1.82, 2.24) is 14.8 Å². The van der Waals surface area contributed by atoms with Crippen LogP contribution in [-0.2, 0) is 6.54 Å². The SMILES string of the molecule is Cc1cc(C)cc(NCc2cc3c(C)nn(-c4ccccc4)c3[nH]c2=O)c1. The summed E-state index contributed by atoms with van der Waals surface area (Å²) in [6.07, 6.45) is 0. The number of hydrogen-bond donors (Lipinski definition) is 2. The minimum Gasteiger partial charge on any atom is -0.381 e. The summed E-state index contributed by atoms with van der Waals surface area (Å²) < 4.78 is 1.78. The first-order valence-corrected chi connectivity index (χ1v) is 9.00. The molecule has 0 fully saturated rings. The molecule has 5 heteroatoms. The van der Waals surface area contributed by atoms with Gasteiger partial charge in [0.2, 0.25) is 0 Å². The third-order valence-electron chi connectivity index (χ3n) is 4.65. The highest BCUT2D eigenvalue weighted by molar-refractivity contribution is 5.80. The Labute approximate surface area is 157 Å².